The average Bonchev–Trinajstić information content (AvgIpc) is 2.63. The van der Waals surface area contributed by atoms with Crippen molar-refractivity contribution in [2.45, 2.75) is 20.3 Å². The van der Waals surface area contributed by atoms with Gasteiger partial charge in [-0.05, 0) is 25.5 Å². The number of benzene rings is 1. The number of fused-ring (bicyclic) bond motifs is 2. The van der Waals surface area contributed by atoms with Crippen molar-refractivity contribution in [3.05, 3.63) is 47.2 Å². The number of anilines is 3. The maximum absolute atomic E-state index is 9.67. The zero-order chi connectivity index (χ0) is 16.9. The van der Waals surface area contributed by atoms with E-state index in [1.807, 2.05) is 18.3 Å². The first-order chi connectivity index (χ1) is 11.8. The van der Waals surface area contributed by atoms with Gasteiger partial charge in [-0.15, -0.1) is 0 Å². The molecule has 124 valence electrons. The van der Waals surface area contributed by atoms with Gasteiger partial charge in [0.05, 0.1) is 25.0 Å². The lowest BCUT2D eigenvalue weighted by Gasteiger charge is -2.21. The van der Waals surface area contributed by atoms with Crippen LogP contribution in [0.5, 0.6) is 0 Å². The monoisotopic (exact) mass is 323 g/mol. The first-order valence-electron chi connectivity index (χ1n) is 8.66. The van der Waals surface area contributed by atoms with Crippen LogP contribution in [0.25, 0.3) is 0 Å². The number of hydrogen-bond donors (Lipinski definition) is 3. The smallest absolute Gasteiger partial charge is 0.292 e. The maximum Gasteiger partial charge on any atom is 0.292 e. The Morgan fingerprint density at radius 1 is 1.25 bits per heavy atom. The number of hydrogen-bond acceptors (Lipinski definition) is 3. The Bertz CT molecular complexity index is 759. The second-order valence-electron chi connectivity index (χ2n) is 6.14. The molecule has 5 nitrogen and oxygen atoms in total. The lowest BCUT2D eigenvalue weighted by atomic mass is 9.96. The lowest BCUT2D eigenvalue weighted by Crippen LogP contribution is -3.12. The van der Waals surface area contributed by atoms with E-state index in [2.05, 4.69) is 47.7 Å². The van der Waals surface area contributed by atoms with Crippen molar-refractivity contribution in [3.63, 3.8) is 0 Å². The van der Waals surface area contributed by atoms with Crippen LogP contribution in [0.15, 0.2) is 30.5 Å². The van der Waals surface area contributed by atoms with E-state index in [0.29, 0.717) is 5.56 Å². The number of aromatic amines is 1. The van der Waals surface area contributed by atoms with E-state index in [1.54, 1.807) is 4.90 Å². The first-order valence-corrected chi connectivity index (χ1v) is 8.66. The second-order valence-corrected chi connectivity index (χ2v) is 6.14. The standard InChI is InChI=1S/C19H23N5/c1-3-24(4-2)10-9-21-19-16(12-20)18-15(13-22-19)11-14-7-5-6-8-17(14)23-18/h5-8,13,23H,3-4,9-11H2,1-2H3,(H,21,22)/p+2. The minimum Gasteiger partial charge on any atom is -0.354 e. The highest BCUT2D eigenvalue weighted by Gasteiger charge is 2.23. The maximum atomic E-state index is 9.67. The molecule has 0 saturated carbocycles. The number of likely N-dealkylation sites (N-methyl/N-ethyl adjacent to an activating group) is 1. The van der Waals surface area contributed by atoms with Crippen LogP contribution in [0, 0.1) is 11.3 Å². The molecule has 1 aromatic carbocycles. The molecule has 0 spiro atoms. The summed E-state index contributed by atoms with van der Waals surface area (Å²) in [6.07, 6.45) is 2.85. The van der Waals surface area contributed by atoms with Gasteiger partial charge in [0, 0.05) is 17.7 Å². The van der Waals surface area contributed by atoms with Crippen molar-refractivity contribution < 1.29 is 9.88 Å². The third kappa shape index (κ3) is 3.19. The van der Waals surface area contributed by atoms with Gasteiger partial charge in [-0.3, -0.25) is 5.32 Å². The fourth-order valence-corrected chi connectivity index (χ4v) is 3.23. The Balaban J connectivity index is 1.80. The van der Waals surface area contributed by atoms with Crippen LogP contribution in [0.4, 0.5) is 17.2 Å². The number of nitrogens with zero attached hydrogens (tertiary/aromatic N) is 1. The van der Waals surface area contributed by atoms with E-state index in [-0.39, 0.29) is 0 Å². The van der Waals surface area contributed by atoms with Crippen LogP contribution in [0.1, 0.15) is 30.5 Å². The quantitative estimate of drug-likeness (QED) is 0.642. The van der Waals surface area contributed by atoms with Crippen LogP contribution >= 0.6 is 0 Å². The number of aromatic nitrogens is 1. The molecular formula is C19H25N5+2. The molecule has 1 aliphatic heterocycles. The second kappa shape index (κ2) is 7.33. The van der Waals surface area contributed by atoms with Crippen LogP contribution < -0.4 is 20.5 Å². The minimum absolute atomic E-state index is 0.663. The van der Waals surface area contributed by atoms with E-state index in [1.165, 1.54) is 5.56 Å². The Morgan fingerprint density at radius 3 is 2.79 bits per heavy atom. The molecule has 0 aliphatic carbocycles. The largest absolute Gasteiger partial charge is 0.354 e. The van der Waals surface area contributed by atoms with Crippen LogP contribution in [-0.4, -0.2) is 26.2 Å². The van der Waals surface area contributed by atoms with Gasteiger partial charge in [0.25, 0.3) is 5.82 Å². The lowest BCUT2D eigenvalue weighted by molar-refractivity contribution is -0.894. The van der Waals surface area contributed by atoms with Gasteiger partial charge in [-0.2, -0.15) is 5.26 Å². The summed E-state index contributed by atoms with van der Waals surface area (Å²) in [7, 11) is 0. The van der Waals surface area contributed by atoms with E-state index in [0.717, 1.165) is 55.4 Å². The summed E-state index contributed by atoms with van der Waals surface area (Å²) in [6.45, 7) is 8.53. The third-order valence-electron chi connectivity index (χ3n) is 4.76. The van der Waals surface area contributed by atoms with Gasteiger partial charge in [0.15, 0.2) is 5.56 Å². The third-order valence-corrected chi connectivity index (χ3v) is 4.76. The van der Waals surface area contributed by atoms with E-state index in [4.69, 9.17) is 0 Å². The van der Waals surface area contributed by atoms with Gasteiger partial charge >= 0.3 is 0 Å². The molecule has 0 atom stereocenters. The normalized spacial score (nSPS) is 12.1. The van der Waals surface area contributed by atoms with Gasteiger partial charge in [-0.25, -0.2) is 4.98 Å². The van der Waals surface area contributed by atoms with Crippen molar-refractivity contribution >= 4 is 17.2 Å². The molecule has 1 aliphatic rings. The SMILES string of the molecule is CC[NH+](CC)CCNc1[nH+]cc2c(c1C#N)Nc1ccccc1C2. The Kier molecular flexibility index (Phi) is 4.97. The van der Waals surface area contributed by atoms with E-state index >= 15 is 0 Å². The summed E-state index contributed by atoms with van der Waals surface area (Å²) in [5, 5.41) is 16.5. The number of nitrogens with one attached hydrogen (secondary N) is 4. The first kappa shape index (κ1) is 16.3. The van der Waals surface area contributed by atoms with Gasteiger partial charge in [0.2, 0.25) is 0 Å². The zero-order valence-electron chi connectivity index (χ0n) is 14.4. The predicted octanol–water partition coefficient (Wildman–Crippen LogP) is 1.36. The summed E-state index contributed by atoms with van der Waals surface area (Å²) in [5.74, 6) is 0.801. The summed E-state index contributed by atoms with van der Waals surface area (Å²) in [5.41, 5.74) is 5.06. The topological polar surface area (TPSA) is 66.4 Å². The Labute approximate surface area is 143 Å². The molecule has 2 aromatic rings. The van der Waals surface area contributed by atoms with Gasteiger partial charge < -0.3 is 10.2 Å². The molecule has 24 heavy (non-hydrogen) atoms. The van der Waals surface area contributed by atoms with Crippen LogP contribution in [-0.2, 0) is 6.42 Å². The van der Waals surface area contributed by atoms with Crippen molar-refractivity contribution in [2.24, 2.45) is 0 Å². The molecule has 4 N–H and O–H groups in total. The molecule has 0 unspecified atom stereocenters. The van der Waals surface area contributed by atoms with Crippen molar-refractivity contribution in [3.8, 4) is 6.07 Å². The molecular weight excluding hydrogens is 298 g/mol. The predicted molar refractivity (Wildman–Crippen MR) is 95.6 cm³/mol. The fourth-order valence-electron chi connectivity index (χ4n) is 3.23. The van der Waals surface area contributed by atoms with Crippen molar-refractivity contribution in [2.75, 3.05) is 36.8 Å². The zero-order valence-corrected chi connectivity index (χ0v) is 14.4. The molecule has 3 rings (SSSR count). The molecule has 0 fully saturated rings. The summed E-state index contributed by atoms with van der Waals surface area (Å²) in [4.78, 5) is 4.82. The fraction of sp³-hybridized carbons (Fsp3) is 0.368. The molecule has 0 saturated heterocycles. The number of pyridine rings is 1. The van der Waals surface area contributed by atoms with E-state index < -0.39 is 0 Å². The number of rotatable bonds is 6. The van der Waals surface area contributed by atoms with Crippen molar-refractivity contribution in [1.82, 2.24) is 0 Å². The summed E-state index contributed by atoms with van der Waals surface area (Å²) < 4.78 is 0. The molecule has 2 heterocycles. The molecule has 0 radical (unpaired) electrons. The number of quaternary nitrogens is 1. The number of H-pyrrole nitrogens is 1. The van der Waals surface area contributed by atoms with Crippen molar-refractivity contribution in [1.29, 1.82) is 5.26 Å². The van der Waals surface area contributed by atoms with Crippen LogP contribution in [0.2, 0.25) is 0 Å². The Morgan fingerprint density at radius 2 is 2.04 bits per heavy atom. The number of para-hydroxylation sites is 1. The molecule has 0 bridgehead atoms. The highest BCUT2D eigenvalue weighted by atomic mass is 15.1. The summed E-state index contributed by atoms with van der Waals surface area (Å²) in [6, 6.07) is 10.6. The molecule has 0 amide bonds. The van der Waals surface area contributed by atoms with E-state index in [9.17, 15) is 5.26 Å². The highest BCUT2D eigenvalue weighted by Crippen LogP contribution is 2.35. The Hall–Kier alpha value is -2.58. The molecule has 5 heteroatoms. The average molecular weight is 323 g/mol. The van der Waals surface area contributed by atoms with Gasteiger partial charge in [0.1, 0.15) is 19.2 Å². The molecule has 1 aromatic heterocycles. The minimum atomic E-state index is 0.663. The number of nitriles is 1. The van der Waals surface area contributed by atoms with Gasteiger partial charge in [-0.1, -0.05) is 18.2 Å². The summed E-state index contributed by atoms with van der Waals surface area (Å²) >= 11 is 0. The highest BCUT2D eigenvalue weighted by molar-refractivity contribution is 5.78. The van der Waals surface area contributed by atoms with Crippen LogP contribution in [0.3, 0.4) is 0 Å².